The molecule has 5 heteroatoms. The summed E-state index contributed by atoms with van der Waals surface area (Å²) in [5.74, 6) is -0.775. The standard InChI is InChI=1S/C14H12BrFN2O/c1-18(12-8-3-2-6-10(12)16)14(19)9-5-4-7-11(17)13(9)15/h2-8H,17H2,1H3. The zero-order chi connectivity index (χ0) is 14.0. The summed E-state index contributed by atoms with van der Waals surface area (Å²) in [5, 5.41) is 0. The smallest absolute Gasteiger partial charge is 0.259 e. The van der Waals surface area contributed by atoms with Gasteiger partial charge >= 0.3 is 0 Å². The number of hydrogen-bond acceptors (Lipinski definition) is 2. The number of halogens is 2. The molecular weight excluding hydrogens is 311 g/mol. The average Bonchev–Trinajstić information content (AvgIpc) is 2.41. The Morgan fingerprint density at radius 1 is 1.21 bits per heavy atom. The molecular formula is C14H12BrFN2O. The minimum Gasteiger partial charge on any atom is -0.398 e. The molecule has 0 radical (unpaired) electrons. The zero-order valence-corrected chi connectivity index (χ0v) is 11.8. The predicted molar refractivity (Wildman–Crippen MR) is 77.7 cm³/mol. The van der Waals surface area contributed by atoms with E-state index in [4.69, 9.17) is 5.73 Å². The molecule has 2 rings (SSSR count). The Balaban J connectivity index is 2.40. The van der Waals surface area contributed by atoms with Crippen LogP contribution in [0.2, 0.25) is 0 Å². The third-order valence-electron chi connectivity index (χ3n) is 2.78. The zero-order valence-electron chi connectivity index (χ0n) is 10.2. The monoisotopic (exact) mass is 322 g/mol. The Bertz CT molecular complexity index is 631. The number of hydrogen-bond donors (Lipinski definition) is 1. The van der Waals surface area contributed by atoms with Crippen molar-refractivity contribution in [3.8, 4) is 0 Å². The first kappa shape index (κ1) is 13.5. The van der Waals surface area contributed by atoms with Crippen LogP contribution in [0, 0.1) is 5.82 Å². The summed E-state index contributed by atoms with van der Waals surface area (Å²) in [4.78, 5) is 13.6. The number of benzene rings is 2. The van der Waals surface area contributed by atoms with E-state index in [1.54, 1.807) is 36.4 Å². The van der Waals surface area contributed by atoms with Gasteiger partial charge in [-0.15, -0.1) is 0 Å². The Kier molecular flexibility index (Phi) is 3.85. The van der Waals surface area contributed by atoms with Gasteiger partial charge in [-0.3, -0.25) is 4.79 Å². The van der Waals surface area contributed by atoms with Crippen LogP contribution in [0.1, 0.15) is 10.4 Å². The van der Waals surface area contributed by atoms with Gasteiger partial charge in [-0.25, -0.2) is 4.39 Å². The number of amides is 1. The van der Waals surface area contributed by atoms with Crippen LogP contribution in [-0.4, -0.2) is 13.0 Å². The highest BCUT2D eigenvalue weighted by atomic mass is 79.9. The van der Waals surface area contributed by atoms with Gasteiger partial charge < -0.3 is 10.6 Å². The van der Waals surface area contributed by atoms with Crippen LogP contribution in [0.5, 0.6) is 0 Å². The summed E-state index contributed by atoms with van der Waals surface area (Å²) in [5.41, 5.74) is 6.82. The van der Waals surface area contributed by atoms with Crippen LogP contribution in [0.4, 0.5) is 15.8 Å². The van der Waals surface area contributed by atoms with Crippen molar-refractivity contribution in [1.82, 2.24) is 0 Å². The van der Waals surface area contributed by atoms with Crippen molar-refractivity contribution in [2.45, 2.75) is 0 Å². The van der Waals surface area contributed by atoms with Crippen LogP contribution in [0.25, 0.3) is 0 Å². The van der Waals surface area contributed by atoms with E-state index in [9.17, 15) is 9.18 Å². The van der Waals surface area contributed by atoms with Crippen LogP contribution < -0.4 is 10.6 Å². The number of nitrogens with two attached hydrogens (primary N) is 1. The maximum atomic E-state index is 13.7. The van der Waals surface area contributed by atoms with Gasteiger partial charge in [0.25, 0.3) is 5.91 Å². The van der Waals surface area contributed by atoms with Crippen molar-refractivity contribution in [3.05, 3.63) is 58.3 Å². The quantitative estimate of drug-likeness (QED) is 0.861. The molecule has 0 saturated carbocycles. The topological polar surface area (TPSA) is 46.3 Å². The summed E-state index contributed by atoms with van der Waals surface area (Å²) in [6, 6.07) is 11.1. The molecule has 2 N–H and O–H groups in total. The lowest BCUT2D eigenvalue weighted by molar-refractivity contribution is 0.0991. The molecule has 3 nitrogen and oxygen atoms in total. The molecule has 0 spiro atoms. The Morgan fingerprint density at radius 3 is 2.58 bits per heavy atom. The largest absolute Gasteiger partial charge is 0.398 e. The van der Waals surface area contributed by atoms with Crippen LogP contribution >= 0.6 is 15.9 Å². The second-order valence-corrected chi connectivity index (χ2v) is 4.82. The molecule has 0 fully saturated rings. The molecule has 0 aromatic heterocycles. The Morgan fingerprint density at radius 2 is 1.89 bits per heavy atom. The number of carbonyl (C=O) groups is 1. The fourth-order valence-electron chi connectivity index (χ4n) is 1.73. The minimum absolute atomic E-state index is 0.224. The third kappa shape index (κ3) is 2.61. The number of para-hydroxylation sites is 1. The summed E-state index contributed by atoms with van der Waals surface area (Å²) >= 11 is 3.27. The molecule has 2 aromatic rings. The number of carbonyl (C=O) groups excluding carboxylic acids is 1. The highest BCUT2D eigenvalue weighted by Crippen LogP contribution is 2.27. The molecule has 0 unspecified atom stereocenters. The van der Waals surface area contributed by atoms with E-state index in [1.165, 1.54) is 18.0 Å². The van der Waals surface area contributed by atoms with E-state index in [1.807, 2.05) is 0 Å². The maximum absolute atomic E-state index is 13.7. The fourth-order valence-corrected chi connectivity index (χ4v) is 2.16. The lowest BCUT2D eigenvalue weighted by Gasteiger charge is -2.19. The third-order valence-corrected chi connectivity index (χ3v) is 3.66. The average molecular weight is 323 g/mol. The van der Waals surface area contributed by atoms with Gasteiger partial charge in [-0.05, 0) is 40.2 Å². The van der Waals surface area contributed by atoms with Gasteiger partial charge in [0.15, 0.2) is 0 Å². The summed E-state index contributed by atoms with van der Waals surface area (Å²) in [6.07, 6.45) is 0. The van der Waals surface area contributed by atoms with E-state index >= 15 is 0 Å². The first-order valence-electron chi connectivity index (χ1n) is 5.59. The molecule has 19 heavy (non-hydrogen) atoms. The van der Waals surface area contributed by atoms with Crippen molar-refractivity contribution >= 4 is 33.2 Å². The van der Waals surface area contributed by atoms with Gasteiger partial charge in [0.05, 0.1) is 15.7 Å². The number of nitrogen functional groups attached to an aromatic ring is 1. The van der Waals surface area contributed by atoms with Crippen molar-refractivity contribution in [1.29, 1.82) is 0 Å². The molecule has 0 atom stereocenters. The van der Waals surface area contributed by atoms with Crippen LogP contribution in [-0.2, 0) is 0 Å². The van der Waals surface area contributed by atoms with Crippen molar-refractivity contribution in [2.24, 2.45) is 0 Å². The first-order chi connectivity index (χ1) is 9.02. The SMILES string of the molecule is CN(C(=O)c1cccc(N)c1Br)c1ccccc1F. The minimum atomic E-state index is -0.446. The molecule has 0 aliphatic rings. The van der Waals surface area contributed by atoms with E-state index in [0.717, 1.165) is 0 Å². The fraction of sp³-hybridized carbons (Fsp3) is 0.0714. The summed E-state index contributed by atoms with van der Waals surface area (Å²) in [7, 11) is 1.52. The van der Waals surface area contributed by atoms with Crippen molar-refractivity contribution in [2.75, 3.05) is 17.7 Å². The molecule has 0 saturated heterocycles. The molecule has 0 bridgehead atoms. The van der Waals surface area contributed by atoms with Crippen LogP contribution in [0.15, 0.2) is 46.9 Å². The van der Waals surface area contributed by atoms with Gasteiger partial charge in [-0.2, -0.15) is 0 Å². The lowest BCUT2D eigenvalue weighted by atomic mass is 10.1. The highest BCUT2D eigenvalue weighted by molar-refractivity contribution is 9.10. The van der Waals surface area contributed by atoms with Crippen LogP contribution in [0.3, 0.4) is 0 Å². The lowest BCUT2D eigenvalue weighted by Crippen LogP contribution is -2.27. The second-order valence-electron chi connectivity index (χ2n) is 4.02. The summed E-state index contributed by atoms with van der Waals surface area (Å²) in [6.45, 7) is 0. The van der Waals surface area contributed by atoms with Gasteiger partial charge in [0.1, 0.15) is 5.82 Å². The number of nitrogens with zero attached hydrogens (tertiary/aromatic N) is 1. The molecule has 98 valence electrons. The van der Waals surface area contributed by atoms with Gasteiger partial charge in [0.2, 0.25) is 0 Å². The predicted octanol–water partition coefficient (Wildman–Crippen LogP) is 3.45. The van der Waals surface area contributed by atoms with Crippen molar-refractivity contribution in [3.63, 3.8) is 0 Å². The molecule has 2 aromatic carbocycles. The molecule has 0 heterocycles. The molecule has 1 amide bonds. The van der Waals surface area contributed by atoms with Gasteiger partial charge in [-0.1, -0.05) is 18.2 Å². The Labute approximate surface area is 119 Å². The van der Waals surface area contributed by atoms with E-state index < -0.39 is 5.82 Å². The van der Waals surface area contributed by atoms with E-state index in [2.05, 4.69) is 15.9 Å². The second kappa shape index (κ2) is 5.40. The van der Waals surface area contributed by atoms with Crippen molar-refractivity contribution < 1.29 is 9.18 Å². The first-order valence-corrected chi connectivity index (χ1v) is 6.38. The van der Waals surface area contributed by atoms with E-state index in [0.29, 0.717) is 15.7 Å². The Hall–Kier alpha value is -1.88. The molecule has 0 aliphatic heterocycles. The number of rotatable bonds is 2. The molecule has 0 aliphatic carbocycles. The highest BCUT2D eigenvalue weighted by Gasteiger charge is 2.19. The normalized spacial score (nSPS) is 10.3. The number of anilines is 2. The van der Waals surface area contributed by atoms with Gasteiger partial charge in [0, 0.05) is 12.7 Å². The van der Waals surface area contributed by atoms with E-state index in [-0.39, 0.29) is 11.6 Å². The summed E-state index contributed by atoms with van der Waals surface area (Å²) < 4.78 is 14.2. The maximum Gasteiger partial charge on any atom is 0.259 e.